The summed E-state index contributed by atoms with van der Waals surface area (Å²) in [5.41, 5.74) is 0.641. The third-order valence-corrected chi connectivity index (χ3v) is 5.33. The summed E-state index contributed by atoms with van der Waals surface area (Å²) in [6, 6.07) is 10.8. The molecule has 1 saturated carbocycles. The minimum atomic E-state index is -3.85. The Bertz CT molecular complexity index is 923. The van der Waals surface area contributed by atoms with Crippen LogP contribution in [0, 0.1) is 0 Å². The number of anilines is 1. The topological polar surface area (TPSA) is 93.7 Å². The highest BCUT2D eigenvalue weighted by atomic mass is 32.2. The van der Waals surface area contributed by atoms with Crippen LogP contribution < -0.4 is 19.5 Å². The van der Waals surface area contributed by atoms with Crippen LogP contribution in [0.3, 0.4) is 0 Å². The molecule has 3 rings (SSSR count). The van der Waals surface area contributed by atoms with Gasteiger partial charge in [-0.05, 0) is 43.2 Å². The molecule has 0 radical (unpaired) electrons. The van der Waals surface area contributed by atoms with Gasteiger partial charge in [0.2, 0.25) is 0 Å². The number of nitrogens with one attached hydrogen (secondary N) is 2. The molecule has 2 aromatic rings. The average Bonchev–Trinajstić information content (AvgIpc) is 3.45. The van der Waals surface area contributed by atoms with E-state index in [1.165, 1.54) is 32.4 Å². The molecule has 0 spiro atoms. The Balaban J connectivity index is 1.82. The first-order valence-electron chi connectivity index (χ1n) is 8.09. The van der Waals surface area contributed by atoms with Gasteiger partial charge in [0.15, 0.2) is 11.5 Å². The van der Waals surface area contributed by atoms with E-state index >= 15 is 0 Å². The van der Waals surface area contributed by atoms with Gasteiger partial charge in [-0.25, -0.2) is 8.42 Å². The quantitative estimate of drug-likeness (QED) is 0.774. The number of methoxy groups -OCH3 is 2. The number of carbonyl (C=O) groups excluding carboxylic acids is 1. The number of amides is 1. The second-order valence-electron chi connectivity index (χ2n) is 5.95. The van der Waals surface area contributed by atoms with Gasteiger partial charge in [0.25, 0.3) is 15.9 Å². The summed E-state index contributed by atoms with van der Waals surface area (Å²) < 4.78 is 38.1. The predicted octanol–water partition coefficient (Wildman–Crippen LogP) is 2.40. The van der Waals surface area contributed by atoms with Crippen LogP contribution in [0.25, 0.3) is 0 Å². The van der Waals surface area contributed by atoms with Crippen molar-refractivity contribution in [2.45, 2.75) is 23.8 Å². The SMILES string of the molecule is COc1ccc(NS(=O)(=O)c2cccc(C(=O)NC3CC3)c2)cc1OC. The van der Waals surface area contributed by atoms with E-state index in [0.717, 1.165) is 12.8 Å². The maximum atomic E-state index is 12.7. The lowest BCUT2D eigenvalue weighted by atomic mass is 10.2. The van der Waals surface area contributed by atoms with E-state index in [4.69, 9.17) is 9.47 Å². The number of sulfonamides is 1. The number of hydrogen-bond acceptors (Lipinski definition) is 5. The van der Waals surface area contributed by atoms with Gasteiger partial charge in [0, 0.05) is 17.7 Å². The number of ether oxygens (including phenoxy) is 2. The van der Waals surface area contributed by atoms with E-state index in [1.54, 1.807) is 24.3 Å². The zero-order chi connectivity index (χ0) is 18.7. The third kappa shape index (κ3) is 4.08. The molecule has 0 aliphatic heterocycles. The van der Waals surface area contributed by atoms with Crippen molar-refractivity contribution in [1.29, 1.82) is 0 Å². The first-order valence-corrected chi connectivity index (χ1v) is 9.57. The lowest BCUT2D eigenvalue weighted by molar-refractivity contribution is 0.0951. The molecule has 2 aromatic carbocycles. The number of hydrogen-bond donors (Lipinski definition) is 2. The van der Waals surface area contributed by atoms with Crippen molar-refractivity contribution >= 4 is 21.6 Å². The molecule has 7 nitrogen and oxygen atoms in total. The molecule has 8 heteroatoms. The van der Waals surface area contributed by atoms with Crippen LogP contribution in [0.1, 0.15) is 23.2 Å². The molecular weight excluding hydrogens is 356 g/mol. The van der Waals surface area contributed by atoms with Crippen LogP contribution in [0.15, 0.2) is 47.4 Å². The molecule has 2 N–H and O–H groups in total. The molecule has 1 aliphatic carbocycles. The maximum Gasteiger partial charge on any atom is 0.261 e. The summed E-state index contributed by atoms with van der Waals surface area (Å²) in [6.45, 7) is 0. The largest absolute Gasteiger partial charge is 0.493 e. The molecule has 0 aromatic heterocycles. The van der Waals surface area contributed by atoms with Crippen molar-refractivity contribution in [1.82, 2.24) is 5.32 Å². The van der Waals surface area contributed by atoms with Crippen molar-refractivity contribution in [3.05, 3.63) is 48.0 Å². The highest BCUT2D eigenvalue weighted by molar-refractivity contribution is 7.92. The summed E-state index contributed by atoms with van der Waals surface area (Å²) in [7, 11) is -0.883. The highest BCUT2D eigenvalue weighted by Crippen LogP contribution is 2.30. The maximum absolute atomic E-state index is 12.7. The molecule has 1 fully saturated rings. The van der Waals surface area contributed by atoms with Crippen molar-refractivity contribution in [2.75, 3.05) is 18.9 Å². The predicted molar refractivity (Wildman–Crippen MR) is 97.3 cm³/mol. The number of rotatable bonds is 7. The molecule has 0 heterocycles. The molecule has 0 saturated heterocycles. The van der Waals surface area contributed by atoms with Crippen molar-refractivity contribution < 1.29 is 22.7 Å². The fraction of sp³-hybridized carbons (Fsp3) is 0.278. The smallest absolute Gasteiger partial charge is 0.261 e. The van der Waals surface area contributed by atoms with Crippen molar-refractivity contribution in [3.8, 4) is 11.5 Å². The average molecular weight is 376 g/mol. The lowest BCUT2D eigenvalue weighted by Gasteiger charge is -2.12. The van der Waals surface area contributed by atoms with Gasteiger partial charge in [-0.1, -0.05) is 6.07 Å². The van der Waals surface area contributed by atoms with E-state index in [1.807, 2.05) is 0 Å². The van der Waals surface area contributed by atoms with Crippen LogP contribution in [-0.2, 0) is 10.0 Å². The van der Waals surface area contributed by atoms with Gasteiger partial charge in [-0.2, -0.15) is 0 Å². The van der Waals surface area contributed by atoms with Gasteiger partial charge in [0.05, 0.1) is 24.8 Å². The van der Waals surface area contributed by atoms with Crippen LogP contribution >= 0.6 is 0 Å². The van der Waals surface area contributed by atoms with Crippen molar-refractivity contribution in [2.24, 2.45) is 0 Å². The van der Waals surface area contributed by atoms with E-state index in [9.17, 15) is 13.2 Å². The second kappa shape index (κ2) is 7.25. The first kappa shape index (κ1) is 18.1. The molecular formula is C18H20N2O5S. The molecule has 138 valence electrons. The lowest BCUT2D eigenvalue weighted by Crippen LogP contribution is -2.25. The Hall–Kier alpha value is -2.74. The summed E-state index contributed by atoms with van der Waals surface area (Å²) >= 11 is 0. The summed E-state index contributed by atoms with van der Waals surface area (Å²) in [4.78, 5) is 12.1. The molecule has 0 atom stereocenters. The zero-order valence-corrected chi connectivity index (χ0v) is 15.3. The Morgan fingerprint density at radius 2 is 1.77 bits per heavy atom. The Morgan fingerprint density at radius 3 is 2.42 bits per heavy atom. The van der Waals surface area contributed by atoms with E-state index in [-0.39, 0.29) is 16.8 Å². The Morgan fingerprint density at radius 1 is 1.04 bits per heavy atom. The Kier molecular flexibility index (Phi) is 5.03. The van der Waals surface area contributed by atoms with Crippen LogP contribution in [0.2, 0.25) is 0 Å². The molecule has 26 heavy (non-hydrogen) atoms. The van der Waals surface area contributed by atoms with Gasteiger partial charge < -0.3 is 14.8 Å². The minimum Gasteiger partial charge on any atom is -0.493 e. The van der Waals surface area contributed by atoms with E-state index in [2.05, 4.69) is 10.0 Å². The van der Waals surface area contributed by atoms with Gasteiger partial charge in [0.1, 0.15) is 0 Å². The normalized spacial score (nSPS) is 13.8. The van der Waals surface area contributed by atoms with Gasteiger partial charge in [-0.3, -0.25) is 9.52 Å². The van der Waals surface area contributed by atoms with Crippen molar-refractivity contribution in [3.63, 3.8) is 0 Å². The Labute approximate surface area is 152 Å². The fourth-order valence-corrected chi connectivity index (χ4v) is 3.51. The number of benzene rings is 2. The minimum absolute atomic E-state index is 0.00994. The van der Waals surface area contributed by atoms with Crippen LogP contribution in [-0.4, -0.2) is 34.6 Å². The first-order chi connectivity index (χ1) is 12.4. The fourth-order valence-electron chi connectivity index (χ4n) is 2.41. The molecule has 1 amide bonds. The number of carbonyl (C=O) groups is 1. The van der Waals surface area contributed by atoms with E-state index in [0.29, 0.717) is 22.7 Å². The highest BCUT2D eigenvalue weighted by Gasteiger charge is 2.24. The van der Waals surface area contributed by atoms with E-state index < -0.39 is 10.0 Å². The second-order valence-corrected chi connectivity index (χ2v) is 7.63. The van der Waals surface area contributed by atoms with Crippen LogP contribution in [0.4, 0.5) is 5.69 Å². The summed E-state index contributed by atoms with van der Waals surface area (Å²) in [6.07, 6.45) is 1.93. The van der Waals surface area contributed by atoms with Gasteiger partial charge >= 0.3 is 0 Å². The van der Waals surface area contributed by atoms with Gasteiger partial charge in [-0.15, -0.1) is 0 Å². The monoisotopic (exact) mass is 376 g/mol. The molecule has 0 bridgehead atoms. The third-order valence-electron chi connectivity index (χ3n) is 3.95. The zero-order valence-electron chi connectivity index (χ0n) is 14.5. The standard InChI is InChI=1S/C18H20N2O5S/c1-24-16-9-8-14(11-17(16)25-2)20-26(22,23)15-5-3-4-12(10-15)18(21)19-13-6-7-13/h3-5,8-11,13,20H,6-7H2,1-2H3,(H,19,21). The van der Waals surface area contributed by atoms with Crippen LogP contribution in [0.5, 0.6) is 11.5 Å². The molecule has 1 aliphatic rings. The molecule has 0 unspecified atom stereocenters. The summed E-state index contributed by atoms with van der Waals surface area (Å²) in [5.74, 6) is 0.634. The summed E-state index contributed by atoms with van der Waals surface area (Å²) in [5, 5.41) is 2.84.